The molecule has 18 heavy (non-hydrogen) atoms. The molecule has 0 radical (unpaired) electrons. The van der Waals surface area contributed by atoms with Crippen molar-refractivity contribution in [3.63, 3.8) is 0 Å². The first kappa shape index (κ1) is 16.7. The minimum absolute atomic E-state index is 0. The van der Waals surface area contributed by atoms with Crippen molar-refractivity contribution in [1.29, 1.82) is 0 Å². The predicted octanol–water partition coefficient (Wildman–Crippen LogP) is 3.36. The lowest BCUT2D eigenvalue weighted by Gasteiger charge is -2.13. The summed E-state index contributed by atoms with van der Waals surface area (Å²) in [6.07, 6.45) is -5.73. The SMILES string of the molecule is Cl.N[C@H](CCC(F)(F)F)c1ccccc1[N+](=O)[O-]. The quantitative estimate of drug-likeness (QED) is 0.681. The second kappa shape index (κ2) is 6.55. The molecule has 0 amide bonds. The highest BCUT2D eigenvalue weighted by Gasteiger charge is 2.29. The van der Waals surface area contributed by atoms with Crippen LogP contribution in [0.2, 0.25) is 0 Å². The molecular formula is C10H12ClF3N2O2. The van der Waals surface area contributed by atoms with Crippen molar-refractivity contribution in [3.05, 3.63) is 39.9 Å². The number of alkyl halides is 3. The van der Waals surface area contributed by atoms with Gasteiger partial charge in [-0.15, -0.1) is 12.4 Å². The van der Waals surface area contributed by atoms with Crippen molar-refractivity contribution in [1.82, 2.24) is 0 Å². The molecule has 8 heteroatoms. The number of hydrogen-bond acceptors (Lipinski definition) is 3. The molecule has 1 atom stereocenters. The van der Waals surface area contributed by atoms with Crippen LogP contribution in [-0.4, -0.2) is 11.1 Å². The number of halogens is 4. The first-order valence-electron chi connectivity index (χ1n) is 4.87. The molecule has 1 rings (SSSR count). The molecule has 102 valence electrons. The zero-order valence-corrected chi connectivity index (χ0v) is 10.0. The molecule has 0 unspecified atom stereocenters. The smallest absolute Gasteiger partial charge is 0.324 e. The van der Waals surface area contributed by atoms with Gasteiger partial charge in [0.05, 0.1) is 4.92 Å². The van der Waals surface area contributed by atoms with Gasteiger partial charge in [0.1, 0.15) is 0 Å². The van der Waals surface area contributed by atoms with Crippen LogP contribution in [0.5, 0.6) is 0 Å². The number of nitrogens with two attached hydrogens (primary N) is 1. The van der Waals surface area contributed by atoms with Crippen LogP contribution in [-0.2, 0) is 0 Å². The summed E-state index contributed by atoms with van der Waals surface area (Å²) in [7, 11) is 0. The maximum Gasteiger partial charge on any atom is 0.389 e. The number of nitro benzene ring substituents is 1. The summed E-state index contributed by atoms with van der Waals surface area (Å²) in [5, 5.41) is 10.7. The Morgan fingerprint density at radius 3 is 2.39 bits per heavy atom. The summed E-state index contributed by atoms with van der Waals surface area (Å²) in [6.45, 7) is 0. The van der Waals surface area contributed by atoms with E-state index in [4.69, 9.17) is 5.73 Å². The van der Waals surface area contributed by atoms with E-state index in [1.807, 2.05) is 0 Å². The van der Waals surface area contributed by atoms with Gasteiger partial charge in [-0.3, -0.25) is 10.1 Å². The Labute approximate surface area is 108 Å². The minimum Gasteiger partial charge on any atom is -0.324 e. The zero-order valence-electron chi connectivity index (χ0n) is 9.18. The average Bonchev–Trinajstić information content (AvgIpc) is 2.25. The highest BCUT2D eigenvalue weighted by molar-refractivity contribution is 5.85. The highest BCUT2D eigenvalue weighted by atomic mass is 35.5. The number of hydrogen-bond donors (Lipinski definition) is 1. The van der Waals surface area contributed by atoms with E-state index >= 15 is 0 Å². The van der Waals surface area contributed by atoms with Gasteiger partial charge in [0, 0.05) is 24.1 Å². The molecule has 0 fully saturated rings. The van der Waals surface area contributed by atoms with E-state index in [1.54, 1.807) is 0 Å². The van der Waals surface area contributed by atoms with Crippen molar-refractivity contribution in [2.24, 2.45) is 5.73 Å². The van der Waals surface area contributed by atoms with Crippen LogP contribution in [0.25, 0.3) is 0 Å². The number of rotatable bonds is 4. The fourth-order valence-electron chi connectivity index (χ4n) is 1.44. The first-order valence-corrected chi connectivity index (χ1v) is 4.87. The summed E-state index contributed by atoms with van der Waals surface area (Å²) in [5.74, 6) is 0. The van der Waals surface area contributed by atoms with E-state index < -0.39 is 23.6 Å². The Kier molecular flexibility index (Phi) is 6.07. The Hall–Kier alpha value is -1.34. The molecule has 0 saturated heterocycles. The second-order valence-electron chi connectivity index (χ2n) is 3.58. The van der Waals surface area contributed by atoms with E-state index in [9.17, 15) is 23.3 Å². The molecule has 4 nitrogen and oxygen atoms in total. The van der Waals surface area contributed by atoms with Gasteiger partial charge in [-0.1, -0.05) is 18.2 Å². The van der Waals surface area contributed by atoms with E-state index in [0.717, 1.165) is 0 Å². The summed E-state index contributed by atoms with van der Waals surface area (Å²) in [4.78, 5) is 10.0. The molecule has 0 aromatic heterocycles. The van der Waals surface area contributed by atoms with E-state index in [-0.39, 0.29) is 30.1 Å². The third-order valence-corrected chi connectivity index (χ3v) is 2.27. The Morgan fingerprint density at radius 2 is 1.89 bits per heavy atom. The third-order valence-electron chi connectivity index (χ3n) is 2.27. The molecule has 0 bridgehead atoms. The van der Waals surface area contributed by atoms with Crippen LogP contribution in [0, 0.1) is 10.1 Å². The molecule has 0 saturated carbocycles. The molecule has 0 aliphatic heterocycles. The lowest BCUT2D eigenvalue weighted by molar-refractivity contribution is -0.385. The maximum absolute atomic E-state index is 12.0. The zero-order chi connectivity index (χ0) is 13.1. The molecular weight excluding hydrogens is 273 g/mol. The fourth-order valence-corrected chi connectivity index (χ4v) is 1.44. The predicted molar refractivity (Wildman–Crippen MR) is 62.6 cm³/mol. The van der Waals surface area contributed by atoms with Gasteiger partial charge in [-0.25, -0.2) is 0 Å². The van der Waals surface area contributed by atoms with E-state index in [1.165, 1.54) is 24.3 Å². The lowest BCUT2D eigenvalue weighted by atomic mass is 10.0. The van der Waals surface area contributed by atoms with Gasteiger partial charge >= 0.3 is 6.18 Å². The van der Waals surface area contributed by atoms with Crippen LogP contribution in [0.4, 0.5) is 18.9 Å². The van der Waals surface area contributed by atoms with Crippen molar-refractivity contribution < 1.29 is 18.1 Å². The van der Waals surface area contributed by atoms with Crippen LogP contribution in [0.15, 0.2) is 24.3 Å². The first-order chi connectivity index (χ1) is 7.81. The molecule has 2 N–H and O–H groups in total. The van der Waals surface area contributed by atoms with Gasteiger partial charge in [-0.05, 0) is 6.42 Å². The summed E-state index contributed by atoms with van der Waals surface area (Å²) >= 11 is 0. The average molecular weight is 285 g/mol. The summed E-state index contributed by atoms with van der Waals surface area (Å²) < 4.78 is 36.0. The number of nitrogens with zero attached hydrogens (tertiary/aromatic N) is 1. The Bertz CT molecular complexity index is 412. The molecule has 0 aliphatic rings. The monoisotopic (exact) mass is 284 g/mol. The summed E-state index contributed by atoms with van der Waals surface area (Å²) in [6, 6.07) is 4.56. The normalized spacial score (nSPS) is 12.7. The van der Waals surface area contributed by atoms with Gasteiger partial charge < -0.3 is 5.73 Å². The topological polar surface area (TPSA) is 69.2 Å². The molecule has 0 aliphatic carbocycles. The van der Waals surface area contributed by atoms with Gasteiger partial charge in [0.15, 0.2) is 0 Å². The van der Waals surface area contributed by atoms with Crippen LogP contribution < -0.4 is 5.73 Å². The molecule has 0 heterocycles. The maximum atomic E-state index is 12.0. The number of nitro groups is 1. The van der Waals surface area contributed by atoms with E-state index in [0.29, 0.717) is 0 Å². The molecule has 0 spiro atoms. The van der Waals surface area contributed by atoms with Gasteiger partial charge in [0.25, 0.3) is 5.69 Å². The van der Waals surface area contributed by atoms with Crippen molar-refractivity contribution in [2.45, 2.75) is 25.1 Å². The van der Waals surface area contributed by atoms with Crippen LogP contribution >= 0.6 is 12.4 Å². The van der Waals surface area contributed by atoms with Crippen molar-refractivity contribution in [2.75, 3.05) is 0 Å². The van der Waals surface area contributed by atoms with Gasteiger partial charge in [0.2, 0.25) is 0 Å². The largest absolute Gasteiger partial charge is 0.389 e. The number of benzene rings is 1. The van der Waals surface area contributed by atoms with Gasteiger partial charge in [-0.2, -0.15) is 13.2 Å². The summed E-state index contributed by atoms with van der Waals surface area (Å²) in [5.41, 5.74) is 5.41. The fraction of sp³-hybridized carbons (Fsp3) is 0.400. The van der Waals surface area contributed by atoms with Crippen molar-refractivity contribution >= 4 is 18.1 Å². The third kappa shape index (κ3) is 4.89. The lowest BCUT2D eigenvalue weighted by Crippen LogP contribution is -2.16. The molecule has 1 aromatic carbocycles. The standard InChI is InChI=1S/C10H11F3N2O2.ClH/c11-10(12,13)6-5-8(14)7-3-1-2-4-9(7)15(16)17;/h1-4,8H,5-6,14H2;1H/t8-;/m1./s1. The highest BCUT2D eigenvalue weighted by Crippen LogP contribution is 2.30. The minimum atomic E-state index is -4.30. The van der Waals surface area contributed by atoms with Crippen molar-refractivity contribution in [3.8, 4) is 0 Å². The van der Waals surface area contributed by atoms with E-state index in [2.05, 4.69) is 0 Å². The second-order valence-corrected chi connectivity index (χ2v) is 3.58. The Morgan fingerprint density at radius 1 is 1.33 bits per heavy atom. The Balaban J connectivity index is 0.00000289. The molecule has 1 aromatic rings. The van der Waals surface area contributed by atoms with Crippen LogP contribution in [0.3, 0.4) is 0 Å². The number of para-hydroxylation sites is 1. The van der Waals surface area contributed by atoms with Crippen LogP contribution in [0.1, 0.15) is 24.4 Å².